The number of fused-ring (bicyclic) bond motifs is 1. The molecule has 3 aliphatic carbocycles. The zero-order valence-electron chi connectivity index (χ0n) is 20.5. The van der Waals surface area contributed by atoms with Gasteiger partial charge in [0.25, 0.3) is 5.91 Å². The number of carbonyl (C=O) groups excluding carboxylic acids is 1. The van der Waals surface area contributed by atoms with Crippen molar-refractivity contribution < 1.29 is 9.90 Å². The molecule has 0 radical (unpaired) electrons. The van der Waals surface area contributed by atoms with Crippen LogP contribution in [0.1, 0.15) is 60.0 Å². The van der Waals surface area contributed by atoms with E-state index in [0.717, 1.165) is 57.4 Å². The van der Waals surface area contributed by atoms with Crippen molar-refractivity contribution in [1.82, 2.24) is 9.80 Å². The van der Waals surface area contributed by atoms with E-state index in [-0.39, 0.29) is 16.7 Å². The van der Waals surface area contributed by atoms with Crippen LogP contribution >= 0.6 is 0 Å². The van der Waals surface area contributed by atoms with Crippen molar-refractivity contribution in [3.63, 3.8) is 0 Å². The van der Waals surface area contributed by atoms with Crippen LogP contribution in [0, 0.1) is 17.3 Å². The standard InChI is InChI=1S/C30H37N3O2/c31-13-4-5-14-32-15-12-30-24-17-23(34)9-8-21(24)16-26(32)29(30)11-10-25-27(30)22(18-29)19-33(25)28(35)20-6-2-1-3-7-20/h1-3,6-9,17,22,25-27,34H,4-5,10-16,18-19,31H2/t22-,25?,26?,27?,29?,30?/m1/s1. The number of carbonyl (C=O) groups is 1. The van der Waals surface area contributed by atoms with E-state index >= 15 is 0 Å². The quantitative estimate of drug-likeness (QED) is 0.648. The molecule has 2 saturated heterocycles. The maximum Gasteiger partial charge on any atom is 0.254 e. The molecule has 184 valence electrons. The van der Waals surface area contributed by atoms with Crippen LogP contribution < -0.4 is 5.73 Å². The summed E-state index contributed by atoms with van der Waals surface area (Å²) in [6.07, 6.45) is 8.03. The molecule has 4 bridgehead atoms. The lowest BCUT2D eigenvalue weighted by Gasteiger charge is -2.66. The minimum atomic E-state index is 0.0770. The molecule has 4 fully saturated rings. The minimum absolute atomic E-state index is 0.0770. The fourth-order valence-electron chi connectivity index (χ4n) is 9.80. The van der Waals surface area contributed by atoms with Gasteiger partial charge in [-0.15, -0.1) is 0 Å². The molecule has 6 atom stereocenters. The summed E-state index contributed by atoms with van der Waals surface area (Å²) in [5, 5.41) is 10.6. The van der Waals surface area contributed by atoms with Gasteiger partial charge in [0.1, 0.15) is 5.75 Å². The van der Waals surface area contributed by atoms with Crippen molar-refractivity contribution in [1.29, 1.82) is 0 Å². The number of nitrogens with two attached hydrogens (primary N) is 1. The van der Waals surface area contributed by atoms with E-state index in [1.165, 1.54) is 30.4 Å². The van der Waals surface area contributed by atoms with Gasteiger partial charge in [0.05, 0.1) is 0 Å². The number of aromatic hydroxyl groups is 1. The zero-order chi connectivity index (χ0) is 23.8. The highest BCUT2D eigenvalue weighted by atomic mass is 16.3. The molecule has 3 N–H and O–H groups in total. The van der Waals surface area contributed by atoms with Crippen LogP contribution in [0.25, 0.3) is 0 Å². The first-order chi connectivity index (χ1) is 17.1. The lowest BCUT2D eigenvalue weighted by atomic mass is 9.43. The van der Waals surface area contributed by atoms with E-state index in [0.29, 0.717) is 29.7 Å². The topological polar surface area (TPSA) is 69.8 Å². The molecule has 0 spiro atoms. The summed E-state index contributed by atoms with van der Waals surface area (Å²) in [5.74, 6) is 1.65. The number of benzene rings is 2. The Kier molecular flexibility index (Phi) is 4.88. The van der Waals surface area contributed by atoms with Gasteiger partial charge in [0, 0.05) is 29.6 Å². The van der Waals surface area contributed by atoms with Gasteiger partial charge in [-0.2, -0.15) is 0 Å². The number of likely N-dealkylation sites (tertiary alicyclic amines) is 2. The molecule has 5 unspecified atom stereocenters. The molecular formula is C30H37N3O2. The highest BCUT2D eigenvalue weighted by Crippen LogP contribution is 2.75. The molecule has 2 saturated carbocycles. The zero-order valence-corrected chi connectivity index (χ0v) is 20.5. The molecule has 35 heavy (non-hydrogen) atoms. The molecule has 7 rings (SSSR count). The Morgan fingerprint density at radius 2 is 1.97 bits per heavy atom. The third-order valence-electron chi connectivity index (χ3n) is 10.8. The summed E-state index contributed by atoms with van der Waals surface area (Å²) in [4.78, 5) is 18.7. The van der Waals surface area contributed by atoms with Crippen LogP contribution in [0.5, 0.6) is 5.75 Å². The van der Waals surface area contributed by atoms with Gasteiger partial charge < -0.3 is 15.7 Å². The summed E-state index contributed by atoms with van der Waals surface area (Å²) in [6, 6.07) is 16.9. The van der Waals surface area contributed by atoms with Gasteiger partial charge in [-0.25, -0.2) is 0 Å². The molecular weight excluding hydrogens is 434 g/mol. The number of piperidine rings is 1. The largest absolute Gasteiger partial charge is 0.508 e. The van der Waals surface area contributed by atoms with Crippen molar-refractivity contribution in [2.24, 2.45) is 23.0 Å². The number of phenols is 1. The first-order valence-corrected chi connectivity index (χ1v) is 13.7. The van der Waals surface area contributed by atoms with Gasteiger partial charge in [-0.1, -0.05) is 24.3 Å². The average molecular weight is 472 g/mol. The summed E-state index contributed by atoms with van der Waals surface area (Å²) in [5.41, 5.74) is 9.84. The van der Waals surface area contributed by atoms with E-state index in [9.17, 15) is 9.90 Å². The van der Waals surface area contributed by atoms with E-state index in [1.807, 2.05) is 36.4 Å². The fourth-order valence-corrected chi connectivity index (χ4v) is 9.80. The van der Waals surface area contributed by atoms with Crippen molar-refractivity contribution >= 4 is 5.91 Å². The first-order valence-electron chi connectivity index (χ1n) is 13.7. The maximum absolute atomic E-state index is 13.7. The SMILES string of the molecule is NCCCCN1CCC23c4cc(O)ccc4CC1C21CCC2C3[C@@H](CN2C(=O)c2ccccc2)C1. The van der Waals surface area contributed by atoms with E-state index in [2.05, 4.69) is 21.9 Å². The van der Waals surface area contributed by atoms with Gasteiger partial charge in [-0.3, -0.25) is 9.69 Å². The lowest BCUT2D eigenvalue weighted by Crippen LogP contribution is -2.69. The predicted molar refractivity (Wildman–Crippen MR) is 136 cm³/mol. The number of hydrogen-bond donors (Lipinski definition) is 2. The van der Waals surface area contributed by atoms with Crippen LogP contribution in [-0.2, 0) is 11.8 Å². The lowest BCUT2D eigenvalue weighted by molar-refractivity contribution is -0.101. The monoisotopic (exact) mass is 471 g/mol. The van der Waals surface area contributed by atoms with Crippen LogP contribution in [0.2, 0.25) is 0 Å². The second kappa shape index (κ2) is 7.81. The summed E-state index contributed by atoms with van der Waals surface area (Å²) in [6.45, 7) is 3.92. The molecule has 5 nitrogen and oxygen atoms in total. The Labute approximate surface area is 208 Å². The van der Waals surface area contributed by atoms with Gasteiger partial charge >= 0.3 is 0 Å². The average Bonchev–Trinajstić information content (AvgIpc) is 3.32. The van der Waals surface area contributed by atoms with Crippen LogP contribution in [0.15, 0.2) is 48.5 Å². The molecule has 2 heterocycles. The number of rotatable bonds is 5. The molecule has 0 aromatic heterocycles. The maximum atomic E-state index is 13.7. The molecule has 2 aromatic carbocycles. The molecule has 2 aliphatic heterocycles. The number of nitrogens with zero attached hydrogens (tertiary/aromatic N) is 2. The summed E-state index contributed by atoms with van der Waals surface area (Å²) < 4.78 is 0. The Hall–Kier alpha value is -2.37. The molecule has 1 amide bonds. The highest BCUT2D eigenvalue weighted by Gasteiger charge is 2.76. The molecule has 5 aliphatic rings. The van der Waals surface area contributed by atoms with E-state index in [4.69, 9.17) is 5.73 Å². The van der Waals surface area contributed by atoms with Crippen LogP contribution in [0.4, 0.5) is 0 Å². The van der Waals surface area contributed by atoms with Gasteiger partial charge in [0.15, 0.2) is 0 Å². The second-order valence-corrected chi connectivity index (χ2v) is 11.9. The summed E-state index contributed by atoms with van der Waals surface area (Å²) >= 11 is 0. The normalized spacial score (nSPS) is 36.7. The number of unbranched alkanes of at least 4 members (excludes halogenated alkanes) is 1. The molecule has 5 heteroatoms. The van der Waals surface area contributed by atoms with Crippen molar-refractivity contribution in [2.45, 2.75) is 62.4 Å². The minimum Gasteiger partial charge on any atom is -0.508 e. The Morgan fingerprint density at radius 3 is 2.80 bits per heavy atom. The second-order valence-electron chi connectivity index (χ2n) is 11.9. The Bertz CT molecular complexity index is 1150. The highest BCUT2D eigenvalue weighted by molar-refractivity contribution is 5.94. The predicted octanol–water partition coefficient (Wildman–Crippen LogP) is 3.94. The third-order valence-corrected chi connectivity index (χ3v) is 10.8. The molecule has 2 aromatic rings. The van der Waals surface area contributed by atoms with Crippen molar-refractivity contribution in [3.8, 4) is 5.75 Å². The van der Waals surface area contributed by atoms with Crippen molar-refractivity contribution in [3.05, 3.63) is 65.2 Å². The first kappa shape index (κ1) is 21.9. The van der Waals surface area contributed by atoms with Gasteiger partial charge in [0.2, 0.25) is 0 Å². The van der Waals surface area contributed by atoms with E-state index < -0.39 is 0 Å². The smallest absolute Gasteiger partial charge is 0.254 e. The number of phenolic OH excluding ortho intramolecular Hbond substituents is 1. The Morgan fingerprint density at radius 1 is 1.11 bits per heavy atom. The summed E-state index contributed by atoms with van der Waals surface area (Å²) in [7, 11) is 0. The Balaban J connectivity index is 1.31. The number of hydrogen-bond acceptors (Lipinski definition) is 4. The van der Waals surface area contributed by atoms with Crippen LogP contribution in [-0.4, -0.2) is 59.1 Å². The van der Waals surface area contributed by atoms with Crippen molar-refractivity contribution in [2.75, 3.05) is 26.2 Å². The number of amides is 1. The third kappa shape index (κ3) is 2.80. The van der Waals surface area contributed by atoms with Crippen LogP contribution in [0.3, 0.4) is 0 Å². The van der Waals surface area contributed by atoms with E-state index in [1.54, 1.807) is 0 Å². The van der Waals surface area contributed by atoms with Gasteiger partial charge in [-0.05, 0) is 117 Å². The fraction of sp³-hybridized carbons (Fsp3) is 0.567.